The lowest BCUT2D eigenvalue weighted by Gasteiger charge is -2.16. The van der Waals surface area contributed by atoms with E-state index in [9.17, 15) is 12.8 Å². The third kappa shape index (κ3) is 8.63. The van der Waals surface area contributed by atoms with Crippen molar-refractivity contribution in [3.63, 3.8) is 0 Å². The molecule has 0 atom stereocenters. The Morgan fingerprint density at radius 3 is 2.54 bits per heavy atom. The molecular weight excluding hydrogens is 470 g/mol. The summed E-state index contributed by atoms with van der Waals surface area (Å²) in [5.74, 6) is 0.504. The minimum absolute atomic E-state index is 0. The Kier molecular flexibility index (Phi) is 12.0. The number of guanidine groups is 1. The fraction of sp³-hybridized carbons (Fsp3) is 0.588. The van der Waals surface area contributed by atoms with E-state index in [2.05, 4.69) is 15.6 Å². The van der Waals surface area contributed by atoms with Crippen LogP contribution in [0.4, 0.5) is 4.39 Å². The molecule has 0 saturated heterocycles. The second kappa shape index (κ2) is 12.4. The summed E-state index contributed by atoms with van der Waals surface area (Å²) in [6.07, 6.45) is 0.666. The Bertz CT molecular complexity index is 683. The van der Waals surface area contributed by atoms with E-state index in [-0.39, 0.29) is 35.5 Å². The van der Waals surface area contributed by atoms with Crippen molar-refractivity contribution < 1.29 is 12.8 Å². The lowest BCUT2D eigenvalue weighted by molar-refractivity contribution is 0.461. The normalized spacial score (nSPS) is 12.0. The molecule has 0 amide bonds. The second-order valence-electron chi connectivity index (χ2n) is 5.78. The lowest BCUT2D eigenvalue weighted by Crippen LogP contribution is -2.39. The molecule has 0 heterocycles. The number of hydrogen-bond donors (Lipinski definition) is 2. The standard InChI is InChI=1S/C17H29FN4O2S.HI/c1-5-19-17(20-10-7-11-22(4)25(23,24)6-2)21-13-15-9-8-14(3)16(18)12-15;/h8-9,12H,5-7,10-11,13H2,1-4H3,(H2,19,20,21);1H. The minimum Gasteiger partial charge on any atom is -0.357 e. The van der Waals surface area contributed by atoms with Gasteiger partial charge in [0.05, 0.1) is 12.3 Å². The van der Waals surface area contributed by atoms with Gasteiger partial charge in [-0.25, -0.2) is 22.1 Å². The summed E-state index contributed by atoms with van der Waals surface area (Å²) in [4.78, 5) is 4.43. The number of aliphatic imine (C=N–C) groups is 1. The van der Waals surface area contributed by atoms with E-state index in [0.717, 1.165) is 5.56 Å². The summed E-state index contributed by atoms with van der Waals surface area (Å²) in [6.45, 7) is 7.44. The van der Waals surface area contributed by atoms with Gasteiger partial charge in [0.1, 0.15) is 5.82 Å². The summed E-state index contributed by atoms with van der Waals surface area (Å²) in [5.41, 5.74) is 1.41. The minimum atomic E-state index is -3.14. The molecule has 0 spiro atoms. The largest absolute Gasteiger partial charge is 0.357 e. The molecule has 0 radical (unpaired) electrons. The Morgan fingerprint density at radius 2 is 1.96 bits per heavy atom. The van der Waals surface area contributed by atoms with Gasteiger partial charge in [-0.15, -0.1) is 24.0 Å². The summed E-state index contributed by atoms with van der Waals surface area (Å²) in [5, 5.41) is 6.29. The van der Waals surface area contributed by atoms with Gasteiger partial charge >= 0.3 is 0 Å². The molecule has 0 unspecified atom stereocenters. The van der Waals surface area contributed by atoms with Crippen molar-refractivity contribution in [2.45, 2.75) is 33.7 Å². The van der Waals surface area contributed by atoms with Crippen molar-refractivity contribution in [1.29, 1.82) is 0 Å². The molecule has 0 aliphatic carbocycles. The van der Waals surface area contributed by atoms with Crippen LogP contribution in [0, 0.1) is 12.7 Å². The monoisotopic (exact) mass is 500 g/mol. The highest BCUT2D eigenvalue weighted by Gasteiger charge is 2.13. The predicted octanol–water partition coefficient (Wildman–Crippen LogP) is 2.48. The van der Waals surface area contributed by atoms with Crippen molar-refractivity contribution in [2.75, 3.05) is 32.4 Å². The van der Waals surface area contributed by atoms with E-state index in [1.165, 1.54) is 10.4 Å². The Balaban J connectivity index is 0.00000625. The first-order valence-corrected chi connectivity index (χ1v) is 10.1. The average Bonchev–Trinajstić information content (AvgIpc) is 2.58. The zero-order valence-electron chi connectivity index (χ0n) is 15.9. The molecule has 150 valence electrons. The smallest absolute Gasteiger partial charge is 0.213 e. The Morgan fingerprint density at radius 1 is 1.27 bits per heavy atom. The molecule has 2 N–H and O–H groups in total. The number of aryl methyl sites for hydroxylation is 1. The van der Waals surface area contributed by atoms with Crippen molar-refractivity contribution in [3.05, 3.63) is 35.1 Å². The van der Waals surface area contributed by atoms with E-state index in [4.69, 9.17) is 0 Å². The van der Waals surface area contributed by atoms with Gasteiger partial charge in [-0.1, -0.05) is 12.1 Å². The van der Waals surface area contributed by atoms with Gasteiger partial charge in [0.2, 0.25) is 10.0 Å². The van der Waals surface area contributed by atoms with Gasteiger partial charge in [0.25, 0.3) is 0 Å². The first-order valence-electron chi connectivity index (χ1n) is 8.51. The van der Waals surface area contributed by atoms with Crippen LogP contribution in [0.15, 0.2) is 23.2 Å². The van der Waals surface area contributed by atoms with E-state index in [0.29, 0.717) is 44.1 Å². The van der Waals surface area contributed by atoms with Crippen LogP contribution in [0.3, 0.4) is 0 Å². The molecule has 0 aliphatic rings. The molecular formula is C17H30FIN4O2S. The summed E-state index contributed by atoms with van der Waals surface area (Å²) < 4.78 is 38.3. The summed E-state index contributed by atoms with van der Waals surface area (Å²) >= 11 is 0. The molecule has 0 bridgehead atoms. The van der Waals surface area contributed by atoms with Crippen molar-refractivity contribution >= 4 is 40.0 Å². The average molecular weight is 500 g/mol. The molecule has 0 fully saturated rings. The van der Waals surface area contributed by atoms with Crippen molar-refractivity contribution in [2.24, 2.45) is 4.99 Å². The van der Waals surface area contributed by atoms with Crippen LogP contribution in [0.5, 0.6) is 0 Å². The number of nitrogens with one attached hydrogen (secondary N) is 2. The quantitative estimate of drug-likeness (QED) is 0.237. The third-order valence-electron chi connectivity index (χ3n) is 3.78. The number of hydrogen-bond acceptors (Lipinski definition) is 3. The highest BCUT2D eigenvalue weighted by atomic mass is 127. The molecule has 0 aliphatic heterocycles. The zero-order chi connectivity index (χ0) is 18.9. The van der Waals surface area contributed by atoms with Crippen LogP contribution in [-0.4, -0.2) is 51.1 Å². The molecule has 0 aromatic heterocycles. The van der Waals surface area contributed by atoms with Crippen LogP contribution in [0.25, 0.3) is 0 Å². The third-order valence-corrected chi connectivity index (χ3v) is 5.64. The molecule has 1 aromatic rings. The number of benzene rings is 1. The number of halogens is 2. The molecule has 6 nitrogen and oxygen atoms in total. The van der Waals surface area contributed by atoms with Crippen molar-refractivity contribution in [3.8, 4) is 0 Å². The van der Waals surface area contributed by atoms with Gasteiger partial charge in [0.15, 0.2) is 5.96 Å². The predicted molar refractivity (Wildman–Crippen MR) is 116 cm³/mol. The maximum Gasteiger partial charge on any atom is 0.213 e. The van der Waals surface area contributed by atoms with E-state index >= 15 is 0 Å². The Labute approximate surface area is 173 Å². The van der Waals surface area contributed by atoms with E-state index in [1.54, 1.807) is 27.0 Å². The fourth-order valence-corrected chi connectivity index (χ4v) is 2.96. The lowest BCUT2D eigenvalue weighted by atomic mass is 10.1. The van der Waals surface area contributed by atoms with E-state index < -0.39 is 10.0 Å². The number of rotatable bonds is 9. The van der Waals surface area contributed by atoms with Gasteiger partial charge in [-0.2, -0.15) is 0 Å². The highest BCUT2D eigenvalue weighted by molar-refractivity contribution is 14.0. The fourth-order valence-electron chi connectivity index (χ4n) is 2.11. The van der Waals surface area contributed by atoms with Crippen LogP contribution in [-0.2, 0) is 16.6 Å². The van der Waals surface area contributed by atoms with Gasteiger partial charge in [-0.05, 0) is 44.4 Å². The molecule has 1 rings (SSSR count). The van der Waals surface area contributed by atoms with Crippen LogP contribution in [0.1, 0.15) is 31.4 Å². The molecule has 9 heteroatoms. The Hall–Kier alpha value is -0.940. The van der Waals surface area contributed by atoms with Crippen LogP contribution >= 0.6 is 24.0 Å². The number of nitrogens with zero attached hydrogens (tertiary/aromatic N) is 2. The number of sulfonamides is 1. The van der Waals surface area contributed by atoms with Gasteiger partial charge < -0.3 is 10.6 Å². The molecule has 0 saturated carbocycles. The summed E-state index contributed by atoms with van der Waals surface area (Å²) in [6, 6.07) is 5.09. The molecule has 1 aromatic carbocycles. The summed E-state index contributed by atoms with van der Waals surface area (Å²) in [7, 11) is -1.55. The van der Waals surface area contributed by atoms with Crippen LogP contribution < -0.4 is 10.6 Å². The van der Waals surface area contributed by atoms with E-state index in [1.807, 2.05) is 13.0 Å². The zero-order valence-corrected chi connectivity index (χ0v) is 19.0. The first-order chi connectivity index (χ1) is 11.8. The second-order valence-corrected chi connectivity index (χ2v) is 8.15. The van der Waals surface area contributed by atoms with Crippen LogP contribution in [0.2, 0.25) is 0 Å². The SMILES string of the molecule is CCNC(=NCc1ccc(C)c(F)c1)NCCCN(C)S(=O)(=O)CC.I. The highest BCUT2D eigenvalue weighted by Crippen LogP contribution is 2.09. The molecule has 26 heavy (non-hydrogen) atoms. The maximum absolute atomic E-state index is 13.6. The topological polar surface area (TPSA) is 73.8 Å². The van der Waals surface area contributed by atoms with Gasteiger partial charge in [-0.3, -0.25) is 0 Å². The van der Waals surface area contributed by atoms with Gasteiger partial charge in [0, 0.05) is 26.7 Å². The maximum atomic E-state index is 13.6. The first kappa shape index (κ1) is 25.1. The van der Waals surface area contributed by atoms with Crippen molar-refractivity contribution in [1.82, 2.24) is 14.9 Å².